The molecule has 0 bridgehead atoms. The summed E-state index contributed by atoms with van der Waals surface area (Å²) in [6.45, 7) is 2.60. The fraction of sp³-hybridized carbons (Fsp3) is 0.235. The number of rotatable bonds is 6. The highest BCUT2D eigenvalue weighted by Gasteiger charge is 2.31. The fourth-order valence-electron chi connectivity index (χ4n) is 2.49. The van der Waals surface area contributed by atoms with Gasteiger partial charge in [0.2, 0.25) is 0 Å². The van der Waals surface area contributed by atoms with E-state index in [1.165, 1.54) is 12.1 Å². The first-order valence-electron chi connectivity index (χ1n) is 8.05. The van der Waals surface area contributed by atoms with Crippen LogP contribution in [0, 0.1) is 10.1 Å². The van der Waals surface area contributed by atoms with Gasteiger partial charge in [0.25, 0.3) is 15.7 Å². The zero-order valence-corrected chi connectivity index (χ0v) is 14.8. The minimum atomic E-state index is -3.98. The van der Waals surface area contributed by atoms with Crippen LogP contribution in [-0.4, -0.2) is 25.8 Å². The molecule has 26 heavy (non-hydrogen) atoms. The van der Waals surface area contributed by atoms with Gasteiger partial charge in [-0.05, 0) is 24.6 Å². The normalized spacial score (nSPS) is 14.4. The Morgan fingerprint density at radius 2 is 2.00 bits per heavy atom. The quantitative estimate of drug-likeness (QED) is 0.471. The molecule has 0 aromatic heterocycles. The average molecular weight is 375 g/mol. The second kappa shape index (κ2) is 7.12. The summed E-state index contributed by atoms with van der Waals surface area (Å²) >= 11 is 0. The van der Waals surface area contributed by atoms with Gasteiger partial charge < -0.3 is 10.1 Å². The number of hydrogen-bond donors (Lipinski definition) is 1. The molecular formula is C17H17N3O5S. The first-order valence-corrected chi connectivity index (χ1v) is 9.49. The first-order chi connectivity index (χ1) is 12.4. The molecule has 1 N–H and O–H groups in total. The summed E-state index contributed by atoms with van der Waals surface area (Å²) in [6, 6.07) is 10.8. The number of benzene rings is 2. The molecule has 8 nitrogen and oxygen atoms in total. The Hall–Kier alpha value is -2.94. The first kappa shape index (κ1) is 17.9. The third-order valence-corrected chi connectivity index (χ3v) is 5.13. The van der Waals surface area contributed by atoms with E-state index in [-0.39, 0.29) is 16.4 Å². The molecule has 3 rings (SSSR count). The van der Waals surface area contributed by atoms with Crippen LogP contribution in [0.2, 0.25) is 0 Å². The number of nitro groups is 1. The maximum atomic E-state index is 12.2. The molecule has 0 aliphatic carbocycles. The van der Waals surface area contributed by atoms with Gasteiger partial charge in [0, 0.05) is 17.7 Å². The highest BCUT2D eigenvalue weighted by atomic mass is 32.2. The zero-order chi connectivity index (χ0) is 18.7. The lowest BCUT2D eigenvalue weighted by Crippen LogP contribution is -2.12. The highest BCUT2D eigenvalue weighted by Crippen LogP contribution is 2.32. The molecule has 1 heterocycles. The number of ether oxygens (including phenoxy) is 1. The van der Waals surface area contributed by atoms with Crippen molar-refractivity contribution in [3.05, 3.63) is 58.1 Å². The van der Waals surface area contributed by atoms with E-state index < -0.39 is 14.9 Å². The standard InChI is InChI=1S/C17H17N3O5S/c1-2-3-10-25-15-7-5-4-6-14(15)18-17-13-9-8-12(20(21)22)11-16(13)26(23,24)19-17/h4-9,11H,2-3,10H2,1H3,(H,18,19). The molecular weight excluding hydrogens is 358 g/mol. The van der Waals surface area contributed by atoms with E-state index in [1.807, 2.05) is 6.07 Å². The molecule has 0 spiro atoms. The van der Waals surface area contributed by atoms with Crippen LogP contribution < -0.4 is 10.1 Å². The van der Waals surface area contributed by atoms with Gasteiger partial charge in [0.1, 0.15) is 10.6 Å². The van der Waals surface area contributed by atoms with E-state index in [9.17, 15) is 18.5 Å². The zero-order valence-electron chi connectivity index (χ0n) is 14.0. The Balaban J connectivity index is 1.93. The summed E-state index contributed by atoms with van der Waals surface area (Å²) in [7, 11) is -3.98. The Bertz CT molecular complexity index is 986. The van der Waals surface area contributed by atoms with E-state index >= 15 is 0 Å². The number of non-ortho nitro benzene ring substituents is 1. The van der Waals surface area contributed by atoms with Crippen LogP contribution in [0.1, 0.15) is 25.3 Å². The van der Waals surface area contributed by atoms with E-state index in [0.717, 1.165) is 18.9 Å². The number of sulfonamides is 1. The van der Waals surface area contributed by atoms with Crippen LogP contribution >= 0.6 is 0 Å². The third-order valence-electron chi connectivity index (χ3n) is 3.82. The summed E-state index contributed by atoms with van der Waals surface area (Å²) in [5.74, 6) is 0.692. The van der Waals surface area contributed by atoms with Crippen molar-refractivity contribution in [2.75, 3.05) is 11.9 Å². The van der Waals surface area contributed by atoms with Gasteiger partial charge in [-0.25, -0.2) is 0 Å². The molecule has 1 aliphatic heterocycles. The molecule has 0 radical (unpaired) electrons. The molecule has 2 aromatic rings. The summed E-state index contributed by atoms with van der Waals surface area (Å²) in [6.07, 6.45) is 1.89. The monoisotopic (exact) mass is 375 g/mol. The van der Waals surface area contributed by atoms with Crippen LogP contribution in [-0.2, 0) is 10.0 Å². The molecule has 0 amide bonds. The van der Waals surface area contributed by atoms with Gasteiger partial charge in [0.15, 0.2) is 5.84 Å². The number of nitro benzene ring substituents is 1. The Labute approximate surface area is 150 Å². The number of nitrogens with one attached hydrogen (secondary N) is 1. The second-order valence-electron chi connectivity index (χ2n) is 5.68. The highest BCUT2D eigenvalue weighted by molar-refractivity contribution is 7.90. The predicted octanol–water partition coefficient (Wildman–Crippen LogP) is 3.33. The topological polar surface area (TPSA) is 111 Å². The van der Waals surface area contributed by atoms with E-state index in [2.05, 4.69) is 16.6 Å². The molecule has 0 saturated carbocycles. The van der Waals surface area contributed by atoms with Crippen LogP contribution in [0.15, 0.2) is 51.8 Å². The lowest BCUT2D eigenvalue weighted by molar-refractivity contribution is -0.385. The van der Waals surface area contributed by atoms with E-state index in [1.54, 1.807) is 18.2 Å². The second-order valence-corrected chi connectivity index (χ2v) is 7.25. The lowest BCUT2D eigenvalue weighted by atomic mass is 10.1. The maximum absolute atomic E-state index is 12.2. The molecule has 0 unspecified atom stereocenters. The minimum Gasteiger partial charge on any atom is -0.491 e. The number of amidine groups is 1. The van der Waals surface area contributed by atoms with Gasteiger partial charge in [-0.15, -0.1) is 4.40 Å². The SMILES string of the molecule is CCCCOc1ccccc1NC1=NS(=O)(=O)c2cc([N+](=O)[O-])ccc21. The smallest absolute Gasteiger partial charge is 0.285 e. The van der Waals surface area contributed by atoms with Crippen LogP contribution in [0.25, 0.3) is 0 Å². The van der Waals surface area contributed by atoms with Crippen LogP contribution in [0.4, 0.5) is 11.4 Å². The van der Waals surface area contributed by atoms with Gasteiger partial charge in [-0.3, -0.25) is 10.1 Å². The lowest BCUT2D eigenvalue weighted by Gasteiger charge is -2.13. The number of unbranched alkanes of at least 4 members (excludes halogenated alkanes) is 1. The Kier molecular flexibility index (Phi) is 4.90. The molecule has 2 aromatic carbocycles. The molecule has 1 aliphatic rings. The van der Waals surface area contributed by atoms with Gasteiger partial charge in [-0.1, -0.05) is 25.5 Å². The van der Waals surface area contributed by atoms with Crippen molar-refractivity contribution in [2.45, 2.75) is 24.7 Å². The fourth-order valence-corrected chi connectivity index (χ4v) is 3.69. The number of anilines is 1. The molecule has 0 fully saturated rings. The minimum absolute atomic E-state index is 0.112. The van der Waals surface area contributed by atoms with Crippen molar-refractivity contribution in [1.29, 1.82) is 0 Å². The predicted molar refractivity (Wildman–Crippen MR) is 97.3 cm³/mol. The number of para-hydroxylation sites is 2. The van der Waals surface area contributed by atoms with Gasteiger partial charge >= 0.3 is 0 Å². The van der Waals surface area contributed by atoms with Crippen molar-refractivity contribution in [3.63, 3.8) is 0 Å². The van der Waals surface area contributed by atoms with Crippen molar-refractivity contribution >= 4 is 27.2 Å². The molecule has 136 valence electrons. The molecule has 0 atom stereocenters. The van der Waals surface area contributed by atoms with Gasteiger partial charge in [0.05, 0.1) is 17.2 Å². The third kappa shape index (κ3) is 3.52. The van der Waals surface area contributed by atoms with Crippen molar-refractivity contribution in [2.24, 2.45) is 4.40 Å². The van der Waals surface area contributed by atoms with Crippen LogP contribution in [0.3, 0.4) is 0 Å². The van der Waals surface area contributed by atoms with E-state index in [0.29, 0.717) is 23.6 Å². The summed E-state index contributed by atoms with van der Waals surface area (Å²) < 4.78 is 33.9. The summed E-state index contributed by atoms with van der Waals surface area (Å²) in [5, 5.41) is 13.9. The largest absolute Gasteiger partial charge is 0.491 e. The van der Waals surface area contributed by atoms with Crippen molar-refractivity contribution < 1.29 is 18.1 Å². The summed E-state index contributed by atoms with van der Waals surface area (Å²) in [5.41, 5.74) is 0.565. The van der Waals surface area contributed by atoms with Gasteiger partial charge in [-0.2, -0.15) is 8.42 Å². The number of hydrogen-bond acceptors (Lipinski definition) is 6. The molecule has 9 heteroatoms. The Morgan fingerprint density at radius 1 is 1.23 bits per heavy atom. The van der Waals surface area contributed by atoms with Crippen molar-refractivity contribution in [3.8, 4) is 5.75 Å². The van der Waals surface area contributed by atoms with Crippen LogP contribution in [0.5, 0.6) is 5.75 Å². The number of fused-ring (bicyclic) bond motifs is 1. The maximum Gasteiger partial charge on any atom is 0.285 e. The Morgan fingerprint density at radius 3 is 2.73 bits per heavy atom. The van der Waals surface area contributed by atoms with E-state index in [4.69, 9.17) is 4.74 Å². The summed E-state index contributed by atoms with van der Waals surface area (Å²) in [4.78, 5) is 10.1. The van der Waals surface area contributed by atoms with Crippen molar-refractivity contribution in [1.82, 2.24) is 0 Å². The molecule has 0 saturated heterocycles. The average Bonchev–Trinajstić information content (AvgIpc) is 2.86. The number of nitrogens with zero attached hydrogens (tertiary/aromatic N) is 2.